The van der Waals surface area contributed by atoms with E-state index in [2.05, 4.69) is 15.5 Å². The van der Waals surface area contributed by atoms with Crippen LogP contribution in [0.1, 0.15) is 31.7 Å². The number of aromatic nitrogens is 2. The molecule has 1 atom stereocenters. The first-order valence-electron chi connectivity index (χ1n) is 4.32. The van der Waals surface area contributed by atoms with Crippen molar-refractivity contribution in [1.29, 1.82) is 0 Å². The van der Waals surface area contributed by atoms with Crippen LogP contribution in [0.5, 0.6) is 0 Å². The summed E-state index contributed by atoms with van der Waals surface area (Å²) in [4.78, 5) is 0. The summed E-state index contributed by atoms with van der Waals surface area (Å²) in [5, 5.41) is 10.9. The quantitative estimate of drug-likeness (QED) is 0.738. The molecule has 0 fully saturated rings. The van der Waals surface area contributed by atoms with Gasteiger partial charge in [0, 0.05) is 7.11 Å². The summed E-state index contributed by atoms with van der Waals surface area (Å²) in [6.45, 7) is 5.26. The lowest BCUT2D eigenvalue weighted by Crippen LogP contribution is -2.17. The number of hydrogen-bond donors (Lipinski definition) is 1. The van der Waals surface area contributed by atoms with Gasteiger partial charge in [-0.1, -0.05) is 6.92 Å². The van der Waals surface area contributed by atoms with Gasteiger partial charge in [0.2, 0.25) is 11.8 Å². The molecule has 1 aromatic heterocycles. The SMILES string of the molecule is CCNC(C)c1nnc(COC)o1. The maximum Gasteiger partial charge on any atom is 0.242 e. The van der Waals surface area contributed by atoms with Crippen LogP contribution in [0.4, 0.5) is 0 Å². The second-order valence-corrected chi connectivity index (χ2v) is 2.75. The highest BCUT2D eigenvalue weighted by Crippen LogP contribution is 2.10. The van der Waals surface area contributed by atoms with E-state index in [1.807, 2.05) is 13.8 Å². The van der Waals surface area contributed by atoms with Gasteiger partial charge in [-0.15, -0.1) is 10.2 Å². The van der Waals surface area contributed by atoms with Gasteiger partial charge in [0.15, 0.2) is 0 Å². The molecular weight excluding hydrogens is 170 g/mol. The molecule has 1 aromatic rings. The van der Waals surface area contributed by atoms with Crippen LogP contribution in [-0.2, 0) is 11.3 Å². The van der Waals surface area contributed by atoms with Gasteiger partial charge in [-0.05, 0) is 13.5 Å². The van der Waals surface area contributed by atoms with Crippen LogP contribution < -0.4 is 5.32 Å². The fourth-order valence-electron chi connectivity index (χ4n) is 1.02. The molecule has 0 spiro atoms. The zero-order chi connectivity index (χ0) is 9.68. The van der Waals surface area contributed by atoms with Crippen LogP contribution >= 0.6 is 0 Å². The number of hydrogen-bond acceptors (Lipinski definition) is 5. The van der Waals surface area contributed by atoms with E-state index in [-0.39, 0.29) is 6.04 Å². The van der Waals surface area contributed by atoms with Crippen LogP contribution in [0.3, 0.4) is 0 Å². The first-order chi connectivity index (χ1) is 6.27. The van der Waals surface area contributed by atoms with Crippen molar-refractivity contribution in [1.82, 2.24) is 15.5 Å². The molecule has 0 radical (unpaired) electrons. The lowest BCUT2D eigenvalue weighted by molar-refractivity contribution is 0.157. The Morgan fingerprint density at radius 2 is 2.31 bits per heavy atom. The fourth-order valence-corrected chi connectivity index (χ4v) is 1.02. The number of nitrogens with one attached hydrogen (secondary N) is 1. The molecule has 0 amide bonds. The molecule has 0 saturated heterocycles. The van der Waals surface area contributed by atoms with E-state index >= 15 is 0 Å². The van der Waals surface area contributed by atoms with Gasteiger partial charge in [0.25, 0.3) is 0 Å². The van der Waals surface area contributed by atoms with Crippen LogP contribution in [0.15, 0.2) is 4.42 Å². The van der Waals surface area contributed by atoms with E-state index in [9.17, 15) is 0 Å². The summed E-state index contributed by atoms with van der Waals surface area (Å²) in [5.74, 6) is 1.12. The zero-order valence-electron chi connectivity index (χ0n) is 8.20. The Bertz CT molecular complexity index is 249. The Kier molecular flexibility index (Phi) is 3.85. The maximum atomic E-state index is 5.33. The topological polar surface area (TPSA) is 60.2 Å². The minimum atomic E-state index is 0.100. The third-order valence-corrected chi connectivity index (χ3v) is 1.63. The fraction of sp³-hybridized carbons (Fsp3) is 0.750. The Balaban J connectivity index is 2.56. The molecule has 74 valence electrons. The maximum absolute atomic E-state index is 5.33. The van der Waals surface area contributed by atoms with Crippen LogP contribution in [0.25, 0.3) is 0 Å². The summed E-state index contributed by atoms with van der Waals surface area (Å²) in [6, 6.07) is 0.100. The van der Waals surface area contributed by atoms with Crippen LogP contribution in [0.2, 0.25) is 0 Å². The standard InChI is InChI=1S/C8H15N3O2/c1-4-9-6(2)8-11-10-7(13-8)5-12-3/h6,9H,4-5H2,1-3H3. The van der Waals surface area contributed by atoms with Crippen molar-refractivity contribution in [2.24, 2.45) is 0 Å². The van der Waals surface area contributed by atoms with Gasteiger partial charge in [-0.2, -0.15) is 0 Å². The summed E-state index contributed by atoms with van der Waals surface area (Å²) < 4.78 is 10.2. The summed E-state index contributed by atoms with van der Waals surface area (Å²) in [6.07, 6.45) is 0. The smallest absolute Gasteiger partial charge is 0.242 e. The minimum absolute atomic E-state index is 0.100. The molecule has 0 aromatic carbocycles. The number of rotatable bonds is 5. The van der Waals surface area contributed by atoms with Crippen molar-refractivity contribution in [3.63, 3.8) is 0 Å². The van der Waals surface area contributed by atoms with E-state index < -0.39 is 0 Å². The van der Waals surface area contributed by atoms with E-state index in [0.29, 0.717) is 18.4 Å². The van der Waals surface area contributed by atoms with Gasteiger partial charge >= 0.3 is 0 Å². The molecule has 0 bridgehead atoms. The van der Waals surface area contributed by atoms with Crippen LogP contribution in [-0.4, -0.2) is 23.9 Å². The number of nitrogens with zero attached hydrogens (tertiary/aromatic N) is 2. The first kappa shape index (κ1) is 10.1. The third-order valence-electron chi connectivity index (χ3n) is 1.63. The van der Waals surface area contributed by atoms with Gasteiger partial charge < -0.3 is 14.5 Å². The highest BCUT2D eigenvalue weighted by atomic mass is 16.5. The predicted octanol–water partition coefficient (Wildman–Crippen LogP) is 0.886. The van der Waals surface area contributed by atoms with Gasteiger partial charge in [0.05, 0.1) is 6.04 Å². The van der Waals surface area contributed by atoms with Crippen molar-refractivity contribution >= 4 is 0 Å². The minimum Gasteiger partial charge on any atom is -0.421 e. The Morgan fingerprint density at radius 3 is 2.92 bits per heavy atom. The summed E-state index contributed by atoms with van der Waals surface area (Å²) in [7, 11) is 1.59. The normalized spacial score (nSPS) is 13.2. The molecule has 1 heterocycles. The molecule has 1 N–H and O–H groups in total. The van der Waals surface area contributed by atoms with Crippen LogP contribution in [0, 0.1) is 0 Å². The molecule has 0 saturated carbocycles. The molecule has 0 aliphatic rings. The lowest BCUT2D eigenvalue weighted by atomic mass is 10.3. The molecule has 0 aliphatic heterocycles. The monoisotopic (exact) mass is 185 g/mol. The van der Waals surface area contributed by atoms with Gasteiger partial charge in [-0.25, -0.2) is 0 Å². The van der Waals surface area contributed by atoms with Gasteiger partial charge in [0.1, 0.15) is 6.61 Å². The highest BCUT2D eigenvalue weighted by Gasteiger charge is 2.11. The predicted molar refractivity (Wildman–Crippen MR) is 47.1 cm³/mol. The molecule has 13 heavy (non-hydrogen) atoms. The van der Waals surface area contributed by atoms with Crippen molar-refractivity contribution in [2.45, 2.75) is 26.5 Å². The van der Waals surface area contributed by atoms with E-state index in [1.165, 1.54) is 0 Å². The molecule has 0 aliphatic carbocycles. The van der Waals surface area contributed by atoms with Crippen molar-refractivity contribution in [3.05, 3.63) is 11.8 Å². The average molecular weight is 185 g/mol. The molecule has 1 unspecified atom stereocenters. The molecule has 1 rings (SSSR count). The molecule has 5 nitrogen and oxygen atoms in total. The third kappa shape index (κ3) is 2.78. The van der Waals surface area contributed by atoms with Crippen molar-refractivity contribution in [2.75, 3.05) is 13.7 Å². The Morgan fingerprint density at radius 1 is 1.54 bits per heavy atom. The second-order valence-electron chi connectivity index (χ2n) is 2.75. The summed E-state index contributed by atoms with van der Waals surface area (Å²) in [5.41, 5.74) is 0. The van der Waals surface area contributed by atoms with Crippen molar-refractivity contribution in [3.8, 4) is 0 Å². The molecular formula is C8H15N3O2. The lowest BCUT2D eigenvalue weighted by Gasteiger charge is -2.05. The average Bonchev–Trinajstić information content (AvgIpc) is 2.54. The van der Waals surface area contributed by atoms with Gasteiger partial charge in [-0.3, -0.25) is 0 Å². The number of methoxy groups -OCH3 is 1. The Labute approximate surface area is 77.5 Å². The zero-order valence-corrected chi connectivity index (χ0v) is 8.20. The first-order valence-corrected chi connectivity index (χ1v) is 4.32. The largest absolute Gasteiger partial charge is 0.421 e. The van der Waals surface area contributed by atoms with E-state index in [1.54, 1.807) is 7.11 Å². The Hall–Kier alpha value is -0.940. The van der Waals surface area contributed by atoms with Crippen molar-refractivity contribution < 1.29 is 9.15 Å². The second kappa shape index (κ2) is 4.94. The summed E-state index contributed by atoms with van der Waals surface area (Å²) >= 11 is 0. The highest BCUT2D eigenvalue weighted by molar-refractivity contribution is 4.86. The van der Waals surface area contributed by atoms with E-state index in [4.69, 9.17) is 9.15 Å². The van der Waals surface area contributed by atoms with E-state index in [0.717, 1.165) is 6.54 Å². The molecule has 5 heteroatoms. The number of ether oxygens (including phenoxy) is 1.